The number of hydrogen-bond acceptors (Lipinski definition) is 5. The Kier molecular flexibility index (Phi) is 4.22. The molecule has 3 atom stereocenters. The van der Waals surface area contributed by atoms with Crippen LogP contribution in [0.5, 0.6) is 0 Å². The van der Waals surface area contributed by atoms with Crippen LogP contribution in [0.3, 0.4) is 0 Å². The molecule has 6 nitrogen and oxygen atoms in total. The Morgan fingerprint density at radius 1 is 1.42 bits per heavy atom. The summed E-state index contributed by atoms with van der Waals surface area (Å²) in [6.45, 7) is 2.12. The molecule has 0 bridgehead atoms. The molecule has 1 fully saturated rings. The molecule has 1 aromatic carbocycles. The Morgan fingerprint density at radius 3 is 2.58 bits per heavy atom. The number of rotatable bonds is 4. The van der Waals surface area contributed by atoms with Gasteiger partial charge in [-0.3, -0.25) is 0 Å². The minimum atomic E-state index is -3.59. The van der Waals surface area contributed by atoms with Crippen molar-refractivity contribution in [1.82, 2.24) is 4.72 Å². The van der Waals surface area contributed by atoms with E-state index in [0.29, 0.717) is 0 Å². The molecule has 1 aliphatic rings. The first-order valence-corrected chi connectivity index (χ1v) is 7.50. The highest BCUT2D eigenvalue weighted by Crippen LogP contribution is 2.14. The maximum atomic E-state index is 12.0. The predicted molar refractivity (Wildman–Crippen MR) is 70.1 cm³/mol. The summed E-state index contributed by atoms with van der Waals surface area (Å²) in [7, 11) is -3.59. The number of hydrogen-bond donors (Lipinski definition) is 3. The molecule has 0 aliphatic carbocycles. The maximum absolute atomic E-state index is 12.0. The monoisotopic (exact) mass is 286 g/mol. The summed E-state index contributed by atoms with van der Waals surface area (Å²) in [5, 5.41) is 9.68. The zero-order valence-corrected chi connectivity index (χ0v) is 11.4. The molecule has 19 heavy (non-hydrogen) atoms. The topological polar surface area (TPSA) is 102 Å². The van der Waals surface area contributed by atoms with Crippen LogP contribution in [0.4, 0.5) is 0 Å². The summed E-state index contributed by atoms with van der Waals surface area (Å²) in [5.41, 5.74) is 6.57. The highest BCUT2D eigenvalue weighted by molar-refractivity contribution is 7.89. The molecule has 0 spiro atoms. The third-order valence-electron chi connectivity index (χ3n) is 3.13. The SMILES string of the molecule is Cc1ccc(S(=O)(=O)NC[C@H]2OC[C@@H](N)[C@@H]2O)cc1. The van der Waals surface area contributed by atoms with E-state index in [9.17, 15) is 13.5 Å². The van der Waals surface area contributed by atoms with Crippen molar-refractivity contribution in [3.05, 3.63) is 29.8 Å². The second kappa shape index (κ2) is 5.56. The highest BCUT2D eigenvalue weighted by atomic mass is 32.2. The summed E-state index contributed by atoms with van der Waals surface area (Å²) in [5.74, 6) is 0. The first-order chi connectivity index (χ1) is 8.90. The van der Waals surface area contributed by atoms with Gasteiger partial charge in [-0.2, -0.15) is 0 Å². The number of sulfonamides is 1. The lowest BCUT2D eigenvalue weighted by molar-refractivity contribution is 0.0453. The van der Waals surface area contributed by atoms with E-state index in [2.05, 4.69) is 4.72 Å². The molecular formula is C12H18N2O4S. The fraction of sp³-hybridized carbons (Fsp3) is 0.500. The van der Waals surface area contributed by atoms with Gasteiger partial charge in [-0.1, -0.05) is 17.7 Å². The van der Waals surface area contributed by atoms with Gasteiger partial charge in [0.15, 0.2) is 0 Å². The van der Waals surface area contributed by atoms with Crippen LogP contribution in [-0.2, 0) is 14.8 Å². The van der Waals surface area contributed by atoms with Crippen LogP contribution in [0, 0.1) is 6.92 Å². The molecule has 0 radical (unpaired) electrons. The lowest BCUT2D eigenvalue weighted by atomic mass is 10.1. The summed E-state index contributed by atoms with van der Waals surface area (Å²) in [4.78, 5) is 0.190. The molecular weight excluding hydrogens is 268 g/mol. The summed E-state index contributed by atoms with van der Waals surface area (Å²) < 4.78 is 31.7. The van der Waals surface area contributed by atoms with Crippen LogP contribution in [0.1, 0.15) is 5.56 Å². The average Bonchev–Trinajstić information content (AvgIpc) is 2.68. The molecule has 1 saturated heterocycles. The van der Waals surface area contributed by atoms with Crippen molar-refractivity contribution in [2.24, 2.45) is 5.73 Å². The number of aliphatic hydroxyl groups is 1. The van der Waals surface area contributed by atoms with E-state index in [1.165, 1.54) is 12.1 Å². The first kappa shape index (κ1) is 14.4. The van der Waals surface area contributed by atoms with E-state index < -0.39 is 28.3 Å². The largest absolute Gasteiger partial charge is 0.389 e. The van der Waals surface area contributed by atoms with Crippen molar-refractivity contribution in [3.8, 4) is 0 Å². The molecule has 4 N–H and O–H groups in total. The summed E-state index contributed by atoms with van der Waals surface area (Å²) >= 11 is 0. The minimum absolute atomic E-state index is 0.00504. The molecule has 0 amide bonds. The number of benzene rings is 1. The van der Waals surface area contributed by atoms with Gasteiger partial charge in [-0.15, -0.1) is 0 Å². The molecule has 7 heteroatoms. The highest BCUT2D eigenvalue weighted by Gasteiger charge is 2.34. The zero-order valence-electron chi connectivity index (χ0n) is 10.6. The fourth-order valence-electron chi connectivity index (χ4n) is 1.88. The van der Waals surface area contributed by atoms with Gasteiger partial charge in [0.05, 0.1) is 29.8 Å². The van der Waals surface area contributed by atoms with Crippen LogP contribution in [0.2, 0.25) is 0 Å². The molecule has 0 unspecified atom stereocenters. The number of nitrogens with two attached hydrogens (primary N) is 1. The Morgan fingerprint density at radius 2 is 2.05 bits per heavy atom. The molecule has 0 aromatic heterocycles. The summed E-state index contributed by atoms with van der Waals surface area (Å²) in [6, 6.07) is 6.07. The van der Waals surface area contributed by atoms with E-state index in [-0.39, 0.29) is 18.0 Å². The zero-order chi connectivity index (χ0) is 14.0. The van der Waals surface area contributed by atoms with Crippen molar-refractivity contribution in [3.63, 3.8) is 0 Å². The molecule has 0 saturated carbocycles. The smallest absolute Gasteiger partial charge is 0.240 e. The van der Waals surface area contributed by atoms with E-state index >= 15 is 0 Å². The summed E-state index contributed by atoms with van der Waals surface area (Å²) in [6.07, 6.45) is -1.45. The van der Waals surface area contributed by atoms with E-state index in [0.717, 1.165) is 5.56 Å². The van der Waals surface area contributed by atoms with E-state index in [1.807, 2.05) is 6.92 Å². The van der Waals surface area contributed by atoms with Gasteiger partial charge < -0.3 is 15.6 Å². The van der Waals surface area contributed by atoms with Gasteiger partial charge in [-0.05, 0) is 19.1 Å². The van der Waals surface area contributed by atoms with Gasteiger partial charge in [0.1, 0.15) is 0 Å². The average molecular weight is 286 g/mol. The second-order valence-electron chi connectivity index (χ2n) is 4.69. The van der Waals surface area contributed by atoms with Gasteiger partial charge >= 0.3 is 0 Å². The quantitative estimate of drug-likeness (QED) is 0.683. The second-order valence-corrected chi connectivity index (χ2v) is 6.46. The van der Waals surface area contributed by atoms with Crippen LogP contribution in [-0.4, -0.2) is 44.9 Å². The van der Waals surface area contributed by atoms with Crippen molar-refractivity contribution in [1.29, 1.82) is 0 Å². The minimum Gasteiger partial charge on any atom is -0.389 e. The van der Waals surface area contributed by atoms with Crippen LogP contribution in [0.25, 0.3) is 0 Å². The molecule has 2 rings (SSSR count). The first-order valence-electron chi connectivity index (χ1n) is 6.02. The van der Waals surface area contributed by atoms with Crippen LogP contribution >= 0.6 is 0 Å². The standard InChI is InChI=1S/C12H18N2O4S/c1-8-2-4-9(5-3-8)19(16,17)14-6-11-12(15)10(13)7-18-11/h2-5,10-12,14-15H,6-7,13H2,1H3/t10-,11-,12+/m1/s1. The van der Waals surface area contributed by atoms with Gasteiger partial charge in [0, 0.05) is 6.54 Å². The Balaban J connectivity index is 2.00. The Labute approximate surface area is 112 Å². The third-order valence-corrected chi connectivity index (χ3v) is 4.57. The van der Waals surface area contributed by atoms with Gasteiger partial charge in [-0.25, -0.2) is 13.1 Å². The molecule has 1 aromatic rings. The normalized spacial score (nSPS) is 27.6. The van der Waals surface area contributed by atoms with Crippen LogP contribution in [0.15, 0.2) is 29.2 Å². The van der Waals surface area contributed by atoms with Gasteiger partial charge in [0.2, 0.25) is 10.0 Å². The van der Waals surface area contributed by atoms with Crippen LogP contribution < -0.4 is 10.5 Å². The Hall–Kier alpha value is -0.990. The van der Waals surface area contributed by atoms with Crippen molar-refractivity contribution < 1.29 is 18.3 Å². The molecule has 1 heterocycles. The predicted octanol–water partition coefficient (Wildman–Crippen LogP) is -0.640. The molecule has 1 aliphatic heterocycles. The third kappa shape index (κ3) is 3.31. The Bertz CT molecular complexity index is 529. The van der Waals surface area contributed by atoms with E-state index in [4.69, 9.17) is 10.5 Å². The fourth-order valence-corrected chi connectivity index (χ4v) is 2.92. The number of ether oxygens (including phenoxy) is 1. The van der Waals surface area contributed by atoms with E-state index in [1.54, 1.807) is 12.1 Å². The lowest BCUT2D eigenvalue weighted by Crippen LogP contribution is -2.42. The number of nitrogens with one attached hydrogen (secondary N) is 1. The molecule has 106 valence electrons. The number of aryl methyl sites for hydroxylation is 1. The van der Waals surface area contributed by atoms with Gasteiger partial charge in [0.25, 0.3) is 0 Å². The van der Waals surface area contributed by atoms with Crippen molar-refractivity contribution in [2.75, 3.05) is 13.2 Å². The van der Waals surface area contributed by atoms with Crippen molar-refractivity contribution >= 4 is 10.0 Å². The lowest BCUT2D eigenvalue weighted by Gasteiger charge is -2.16. The number of aliphatic hydroxyl groups excluding tert-OH is 1. The maximum Gasteiger partial charge on any atom is 0.240 e. The van der Waals surface area contributed by atoms with Crippen molar-refractivity contribution in [2.45, 2.75) is 30.1 Å².